The first-order chi connectivity index (χ1) is 9.62. The molecule has 0 amide bonds. The summed E-state index contributed by atoms with van der Waals surface area (Å²) in [5, 5.41) is 11.8. The number of nitrogens with one attached hydrogen (secondary N) is 1. The highest BCUT2D eigenvalue weighted by atomic mass is 16.5. The van der Waals surface area contributed by atoms with Crippen molar-refractivity contribution in [2.45, 2.75) is 26.2 Å². The zero-order chi connectivity index (χ0) is 15.0. The van der Waals surface area contributed by atoms with Crippen molar-refractivity contribution in [2.24, 2.45) is 0 Å². The highest BCUT2D eigenvalue weighted by Crippen LogP contribution is 2.20. The molecule has 0 unspecified atom stereocenters. The van der Waals surface area contributed by atoms with Crippen LogP contribution in [-0.2, 0) is 4.74 Å². The van der Waals surface area contributed by atoms with Gasteiger partial charge >= 0.3 is 0 Å². The fraction of sp³-hybridized carbons (Fsp3) is 0.643. The van der Waals surface area contributed by atoms with Crippen molar-refractivity contribution < 1.29 is 4.74 Å². The Morgan fingerprint density at radius 2 is 2.15 bits per heavy atom. The van der Waals surface area contributed by atoms with Gasteiger partial charge in [0.1, 0.15) is 17.5 Å². The van der Waals surface area contributed by atoms with Crippen LogP contribution in [-0.4, -0.2) is 43.8 Å². The molecule has 0 radical (unpaired) electrons. The molecule has 6 heteroatoms. The van der Waals surface area contributed by atoms with Gasteiger partial charge in [-0.1, -0.05) is 13.8 Å². The summed E-state index contributed by atoms with van der Waals surface area (Å²) >= 11 is 0. The van der Waals surface area contributed by atoms with E-state index in [0.717, 1.165) is 17.5 Å². The van der Waals surface area contributed by atoms with E-state index in [1.165, 1.54) is 0 Å². The molecule has 1 aromatic heterocycles. The molecule has 1 N–H and O–H groups in total. The molecule has 0 aliphatic heterocycles. The third-order valence-electron chi connectivity index (χ3n) is 2.89. The number of nitrogens with zero attached hydrogens (tertiary/aromatic N) is 4. The summed E-state index contributed by atoms with van der Waals surface area (Å²) < 4.78 is 5.12. The molecule has 110 valence electrons. The number of hydrogen-bond acceptors (Lipinski definition) is 6. The number of methoxy groups -OCH3 is 1. The third-order valence-corrected chi connectivity index (χ3v) is 2.89. The molecular formula is C14H23N5O. The van der Waals surface area contributed by atoms with Crippen LogP contribution in [0.3, 0.4) is 0 Å². The number of aromatic nitrogens is 2. The fourth-order valence-corrected chi connectivity index (χ4v) is 1.73. The number of anilines is 2. The summed E-state index contributed by atoms with van der Waals surface area (Å²) in [6, 6.07) is 4.07. The van der Waals surface area contributed by atoms with Gasteiger partial charge in [0.25, 0.3) is 0 Å². The van der Waals surface area contributed by atoms with Crippen LogP contribution in [0.1, 0.15) is 32.0 Å². The van der Waals surface area contributed by atoms with Crippen LogP contribution >= 0.6 is 0 Å². The third kappa shape index (κ3) is 4.67. The van der Waals surface area contributed by atoms with Crippen LogP contribution in [0, 0.1) is 11.3 Å². The standard InChI is InChI=1S/C14H23N5O/c1-11(2)14-17-12(16-3)10-13(18-14)19(7-5-6-15)8-9-20-4/h10-11H,5,7-9H2,1-4H3,(H,16,17,18). The highest BCUT2D eigenvalue weighted by Gasteiger charge is 2.13. The molecule has 1 heterocycles. The summed E-state index contributed by atoms with van der Waals surface area (Å²) in [7, 11) is 3.51. The van der Waals surface area contributed by atoms with E-state index >= 15 is 0 Å². The van der Waals surface area contributed by atoms with E-state index in [2.05, 4.69) is 40.1 Å². The molecule has 1 aromatic rings. The lowest BCUT2D eigenvalue weighted by molar-refractivity contribution is 0.205. The van der Waals surface area contributed by atoms with Gasteiger partial charge in [0, 0.05) is 39.2 Å². The van der Waals surface area contributed by atoms with Crippen molar-refractivity contribution in [3.8, 4) is 6.07 Å². The number of rotatable bonds is 8. The topological polar surface area (TPSA) is 74.1 Å². The Kier molecular flexibility index (Phi) is 6.74. The van der Waals surface area contributed by atoms with E-state index in [1.54, 1.807) is 7.11 Å². The predicted molar refractivity (Wildman–Crippen MR) is 80.0 cm³/mol. The van der Waals surface area contributed by atoms with Crippen molar-refractivity contribution in [3.63, 3.8) is 0 Å². The Hall–Kier alpha value is -1.87. The second-order valence-corrected chi connectivity index (χ2v) is 4.76. The zero-order valence-corrected chi connectivity index (χ0v) is 12.7. The smallest absolute Gasteiger partial charge is 0.135 e. The second-order valence-electron chi connectivity index (χ2n) is 4.76. The normalized spacial score (nSPS) is 10.4. The van der Waals surface area contributed by atoms with E-state index in [-0.39, 0.29) is 5.92 Å². The minimum absolute atomic E-state index is 0.252. The Morgan fingerprint density at radius 1 is 1.40 bits per heavy atom. The quantitative estimate of drug-likeness (QED) is 0.783. The van der Waals surface area contributed by atoms with E-state index in [9.17, 15) is 0 Å². The van der Waals surface area contributed by atoms with Crippen LogP contribution in [0.15, 0.2) is 6.07 Å². The maximum Gasteiger partial charge on any atom is 0.135 e. The van der Waals surface area contributed by atoms with E-state index in [1.807, 2.05) is 13.1 Å². The molecule has 0 spiro atoms. The molecule has 0 saturated heterocycles. The van der Waals surface area contributed by atoms with Crippen molar-refractivity contribution in [2.75, 3.05) is 44.1 Å². The Morgan fingerprint density at radius 3 is 2.70 bits per heavy atom. The second kappa shape index (κ2) is 8.33. The van der Waals surface area contributed by atoms with Gasteiger partial charge in [-0.15, -0.1) is 0 Å². The summed E-state index contributed by atoms with van der Waals surface area (Å²) in [6.45, 7) is 6.06. The van der Waals surface area contributed by atoms with Crippen LogP contribution in [0.2, 0.25) is 0 Å². The van der Waals surface area contributed by atoms with Gasteiger partial charge in [-0.3, -0.25) is 0 Å². The fourth-order valence-electron chi connectivity index (χ4n) is 1.73. The zero-order valence-electron chi connectivity index (χ0n) is 12.7. The predicted octanol–water partition coefficient (Wildman–Crippen LogP) is 2.01. The molecule has 6 nitrogen and oxygen atoms in total. The van der Waals surface area contributed by atoms with Crippen molar-refractivity contribution >= 4 is 11.6 Å². The molecule has 0 aliphatic rings. The maximum atomic E-state index is 8.78. The molecule has 0 saturated carbocycles. The van der Waals surface area contributed by atoms with Gasteiger partial charge in [0.05, 0.1) is 19.1 Å². The van der Waals surface area contributed by atoms with Gasteiger partial charge < -0.3 is 15.0 Å². The van der Waals surface area contributed by atoms with Gasteiger partial charge in [-0.2, -0.15) is 5.26 Å². The van der Waals surface area contributed by atoms with E-state index in [4.69, 9.17) is 10.00 Å². The lowest BCUT2D eigenvalue weighted by Gasteiger charge is -2.23. The van der Waals surface area contributed by atoms with E-state index in [0.29, 0.717) is 26.1 Å². The molecule has 1 rings (SSSR count). The largest absolute Gasteiger partial charge is 0.383 e. The molecule has 0 atom stereocenters. The molecule has 20 heavy (non-hydrogen) atoms. The summed E-state index contributed by atoms with van der Waals surface area (Å²) in [5.41, 5.74) is 0. The summed E-state index contributed by atoms with van der Waals surface area (Å²) in [5.74, 6) is 2.67. The first-order valence-electron chi connectivity index (χ1n) is 6.80. The first kappa shape index (κ1) is 16.2. The number of hydrogen-bond donors (Lipinski definition) is 1. The van der Waals surface area contributed by atoms with Gasteiger partial charge in [0.2, 0.25) is 0 Å². The Labute approximate surface area is 120 Å². The maximum absolute atomic E-state index is 8.78. The summed E-state index contributed by atoms with van der Waals surface area (Å²) in [6.07, 6.45) is 0.458. The van der Waals surface area contributed by atoms with Gasteiger partial charge in [-0.05, 0) is 0 Å². The van der Waals surface area contributed by atoms with Gasteiger partial charge in [-0.25, -0.2) is 9.97 Å². The molecule has 0 fully saturated rings. The molecule has 0 aliphatic carbocycles. The monoisotopic (exact) mass is 277 g/mol. The van der Waals surface area contributed by atoms with Crippen molar-refractivity contribution in [3.05, 3.63) is 11.9 Å². The van der Waals surface area contributed by atoms with Gasteiger partial charge in [0.15, 0.2) is 0 Å². The van der Waals surface area contributed by atoms with Crippen molar-refractivity contribution in [1.82, 2.24) is 9.97 Å². The number of nitriles is 1. The highest BCUT2D eigenvalue weighted by molar-refractivity contribution is 5.49. The average Bonchev–Trinajstić information content (AvgIpc) is 2.46. The SMILES string of the molecule is CNc1cc(N(CCC#N)CCOC)nc(C(C)C)n1. The number of ether oxygens (including phenoxy) is 1. The molecular weight excluding hydrogens is 254 g/mol. The lowest BCUT2D eigenvalue weighted by Crippen LogP contribution is -2.29. The average molecular weight is 277 g/mol. The first-order valence-corrected chi connectivity index (χ1v) is 6.80. The minimum Gasteiger partial charge on any atom is -0.383 e. The Balaban J connectivity index is 3.03. The molecule has 0 aromatic carbocycles. The van der Waals surface area contributed by atoms with Crippen LogP contribution < -0.4 is 10.2 Å². The van der Waals surface area contributed by atoms with Crippen LogP contribution in [0.4, 0.5) is 11.6 Å². The lowest BCUT2D eigenvalue weighted by atomic mass is 10.2. The van der Waals surface area contributed by atoms with Crippen molar-refractivity contribution in [1.29, 1.82) is 5.26 Å². The Bertz CT molecular complexity index is 455. The van der Waals surface area contributed by atoms with E-state index < -0.39 is 0 Å². The minimum atomic E-state index is 0.252. The van der Waals surface area contributed by atoms with Crippen LogP contribution in [0.5, 0.6) is 0 Å². The molecule has 0 bridgehead atoms. The summed E-state index contributed by atoms with van der Waals surface area (Å²) in [4.78, 5) is 11.1. The van der Waals surface area contributed by atoms with Crippen LogP contribution in [0.25, 0.3) is 0 Å².